The molecule has 0 aliphatic carbocycles. The fourth-order valence-electron chi connectivity index (χ4n) is 2.41. The van der Waals surface area contributed by atoms with Crippen LogP contribution >= 0.6 is 0 Å². The summed E-state index contributed by atoms with van der Waals surface area (Å²) in [5, 5.41) is 13.6. The summed E-state index contributed by atoms with van der Waals surface area (Å²) in [6, 6.07) is 7.60. The van der Waals surface area contributed by atoms with Crippen molar-refractivity contribution < 1.29 is 9.53 Å². The van der Waals surface area contributed by atoms with E-state index in [0.29, 0.717) is 13.2 Å². The Bertz CT molecular complexity index is 614. The Labute approximate surface area is 122 Å². The van der Waals surface area contributed by atoms with Gasteiger partial charge < -0.3 is 15.4 Å². The van der Waals surface area contributed by atoms with Gasteiger partial charge in [0.25, 0.3) is 0 Å². The minimum Gasteiger partial charge on any atom is -0.379 e. The summed E-state index contributed by atoms with van der Waals surface area (Å²) in [5.41, 5.74) is 1.64. The van der Waals surface area contributed by atoms with Crippen molar-refractivity contribution in [3.8, 4) is 5.69 Å². The van der Waals surface area contributed by atoms with Gasteiger partial charge in [-0.15, -0.1) is 10.2 Å². The van der Waals surface area contributed by atoms with E-state index >= 15 is 0 Å². The van der Waals surface area contributed by atoms with Crippen LogP contribution in [-0.2, 0) is 9.53 Å². The van der Waals surface area contributed by atoms with Crippen molar-refractivity contribution in [1.29, 1.82) is 0 Å². The quantitative estimate of drug-likeness (QED) is 0.853. The Morgan fingerprint density at radius 2 is 2.14 bits per heavy atom. The van der Waals surface area contributed by atoms with Gasteiger partial charge in [0.05, 0.1) is 24.8 Å². The lowest BCUT2D eigenvalue weighted by Crippen LogP contribution is -2.39. The molecule has 1 aliphatic heterocycles. The third-order valence-electron chi connectivity index (χ3n) is 3.62. The predicted molar refractivity (Wildman–Crippen MR) is 77.1 cm³/mol. The van der Waals surface area contributed by atoms with Crippen molar-refractivity contribution in [3.63, 3.8) is 0 Å². The van der Waals surface area contributed by atoms with E-state index in [1.165, 1.54) is 0 Å². The molecule has 1 fully saturated rings. The monoisotopic (exact) mass is 287 g/mol. The first-order valence-electron chi connectivity index (χ1n) is 6.79. The van der Waals surface area contributed by atoms with Gasteiger partial charge in [-0.25, -0.2) is 0 Å². The second-order valence-corrected chi connectivity index (χ2v) is 4.95. The molecular formula is C14H17N5O2. The third kappa shape index (κ3) is 2.93. The number of benzene rings is 1. The van der Waals surface area contributed by atoms with Gasteiger partial charge in [-0.05, 0) is 25.2 Å². The number of nitrogens with one attached hydrogen (secondary N) is 2. The van der Waals surface area contributed by atoms with Crippen LogP contribution in [0.3, 0.4) is 0 Å². The summed E-state index contributed by atoms with van der Waals surface area (Å²) in [7, 11) is 1.84. The van der Waals surface area contributed by atoms with Crippen LogP contribution in [0.4, 0.5) is 5.69 Å². The molecule has 2 heterocycles. The maximum absolute atomic E-state index is 12.3. The molecule has 0 radical (unpaired) electrons. The Morgan fingerprint density at radius 1 is 1.33 bits per heavy atom. The van der Waals surface area contributed by atoms with Gasteiger partial charge in [0.1, 0.15) is 12.7 Å². The fourth-order valence-corrected chi connectivity index (χ4v) is 2.41. The van der Waals surface area contributed by atoms with Gasteiger partial charge in [0, 0.05) is 11.7 Å². The molecule has 1 amide bonds. The summed E-state index contributed by atoms with van der Waals surface area (Å²) < 4.78 is 7.14. The summed E-state index contributed by atoms with van der Waals surface area (Å²) in [5.74, 6) is -0.207. The molecule has 1 aromatic carbocycles. The van der Waals surface area contributed by atoms with Crippen molar-refractivity contribution in [3.05, 3.63) is 36.9 Å². The molecular weight excluding hydrogens is 270 g/mol. The molecule has 1 aromatic heterocycles. The number of ether oxygens (including phenoxy) is 1. The number of nitrogens with zero attached hydrogens (tertiary/aromatic N) is 3. The van der Waals surface area contributed by atoms with Gasteiger partial charge in [0.2, 0.25) is 5.91 Å². The van der Waals surface area contributed by atoms with E-state index in [9.17, 15) is 4.79 Å². The number of likely N-dealkylation sites (N-methyl/N-ethyl adjacent to an activating group) is 1. The van der Waals surface area contributed by atoms with Crippen LogP contribution in [0.1, 0.15) is 0 Å². The van der Waals surface area contributed by atoms with Crippen molar-refractivity contribution in [1.82, 2.24) is 20.1 Å². The molecule has 3 rings (SSSR count). The standard InChI is InChI=1S/C14H17N5O2/c1-15-13-7-21-6-12(13)14(20)18-10-3-2-4-11(5-10)19-8-16-17-9-19/h2-5,8-9,12-13,15H,6-7H2,1H3,(H,18,20). The third-order valence-corrected chi connectivity index (χ3v) is 3.62. The summed E-state index contributed by atoms with van der Waals surface area (Å²) >= 11 is 0. The number of anilines is 1. The number of hydrogen-bond acceptors (Lipinski definition) is 5. The molecule has 0 spiro atoms. The Hall–Kier alpha value is -2.25. The predicted octanol–water partition coefficient (Wildman–Crippen LogP) is 0.440. The van der Waals surface area contributed by atoms with E-state index in [0.717, 1.165) is 11.4 Å². The minimum atomic E-state index is -0.173. The van der Waals surface area contributed by atoms with E-state index in [2.05, 4.69) is 20.8 Å². The van der Waals surface area contributed by atoms with E-state index in [1.54, 1.807) is 17.2 Å². The lowest BCUT2D eigenvalue weighted by atomic mass is 10.0. The summed E-state index contributed by atoms with van der Waals surface area (Å²) in [6.07, 6.45) is 3.23. The summed E-state index contributed by atoms with van der Waals surface area (Å²) in [4.78, 5) is 12.3. The highest BCUT2D eigenvalue weighted by Gasteiger charge is 2.32. The second-order valence-electron chi connectivity index (χ2n) is 4.95. The molecule has 1 aliphatic rings. The van der Waals surface area contributed by atoms with E-state index in [4.69, 9.17) is 4.74 Å². The van der Waals surface area contributed by atoms with Gasteiger partial charge in [0.15, 0.2) is 0 Å². The zero-order valence-electron chi connectivity index (χ0n) is 11.7. The molecule has 1 saturated heterocycles. The Balaban J connectivity index is 1.73. The average molecular weight is 287 g/mol. The van der Waals surface area contributed by atoms with Crippen LogP contribution in [0.5, 0.6) is 0 Å². The van der Waals surface area contributed by atoms with Gasteiger partial charge in [-0.2, -0.15) is 0 Å². The van der Waals surface area contributed by atoms with Crippen LogP contribution in [-0.4, -0.2) is 47.0 Å². The van der Waals surface area contributed by atoms with Gasteiger partial charge in [-0.3, -0.25) is 9.36 Å². The molecule has 21 heavy (non-hydrogen) atoms. The highest BCUT2D eigenvalue weighted by molar-refractivity contribution is 5.93. The maximum Gasteiger partial charge on any atom is 0.231 e. The van der Waals surface area contributed by atoms with Crippen molar-refractivity contribution in [2.24, 2.45) is 5.92 Å². The minimum absolute atomic E-state index is 0.0345. The second kappa shape index (κ2) is 6.02. The molecule has 110 valence electrons. The van der Waals surface area contributed by atoms with Crippen molar-refractivity contribution in [2.75, 3.05) is 25.6 Å². The number of carbonyl (C=O) groups is 1. The van der Waals surface area contributed by atoms with E-state index in [1.807, 2.05) is 31.3 Å². The van der Waals surface area contributed by atoms with Crippen LogP contribution < -0.4 is 10.6 Å². The van der Waals surface area contributed by atoms with Crippen LogP contribution in [0.25, 0.3) is 5.69 Å². The SMILES string of the molecule is CNC1COCC1C(=O)Nc1cccc(-n2cnnc2)c1. The highest BCUT2D eigenvalue weighted by Crippen LogP contribution is 2.18. The number of aromatic nitrogens is 3. The van der Waals surface area contributed by atoms with E-state index in [-0.39, 0.29) is 17.9 Å². The highest BCUT2D eigenvalue weighted by atomic mass is 16.5. The van der Waals surface area contributed by atoms with Crippen molar-refractivity contribution >= 4 is 11.6 Å². The molecule has 0 bridgehead atoms. The first-order valence-corrected chi connectivity index (χ1v) is 6.79. The largest absolute Gasteiger partial charge is 0.379 e. The average Bonchev–Trinajstić information content (AvgIpc) is 3.18. The number of hydrogen-bond donors (Lipinski definition) is 2. The molecule has 2 aromatic rings. The fraction of sp³-hybridized carbons (Fsp3) is 0.357. The molecule has 2 N–H and O–H groups in total. The lowest BCUT2D eigenvalue weighted by molar-refractivity contribution is -0.120. The lowest BCUT2D eigenvalue weighted by Gasteiger charge is -2.16. The zero-order chi connectivity index (χ0) is 14.7. The van der Waals surface area contributed by atoms with Crippen LogP contribution in [0.15, 0.2) is 36.9 Å². The first-order chi connectivity index (χ1) is 10.3. The topological polar surface area (TPSA) is 81.1 Å². The molecule has 2 unspecified atom stereocenters. The van der Waals surface area contributed by atoms with Gasteiger partial charge in [-0.1, -0.05) is 6.07 Å². The van der Waals surface area contributed by atoms with Crippen LogP contribution in [0.2, 0.25) is 0 Å². The Kier molecular flexibility index (Phi) is 3.94. The molecule has 0 saturated carbocycles. The zero-order valence-corrected chi connectivity index (χ0v) is 11.7. The first kappa shape index (κ1) is 13.7. The maximum atomic E-state index is 12.3. The number of amides is 1. The van der Waals surface area contributed by atoms with Crippen molar-refractivity contribution in [2.45, 2.75) is 6.04 Å². The van der Waals surface area contributed by atoms with E-state index < -0.39 is 0 Å². The molecule has 7 nitrogen and oxygen atoms in total. The molecule has 2 atom stereocenters. The van der Waals surface area contributed by atoms with Gasteiger partial charge >= 0.3 is 0 Å². The van der Waals surface area contributed by atoms with Crippen LogP contribution in [0, 0.1) is 5.92 Å². The smallest absolute Gasteiger partial charge is 0.231 e. The normalized spacial score (nSPS) is 21.4. The molecule has 7 heteroatoms. The summed E-state index contributed by atoms with van der Waals surface area (Å²) in [6.45, 7) is 1.01. The number of rotatable bonds is 4. The number of carbonyl (C=O) groups excluding carboxylic acids is 1. The Morgan fingerprint density at radius 3 is 2.90 bits per heavy atom.